The molecule has 4 rings (SSSR count). The van der Waals surface area contributed by atoms with Crippen LogP contribution in [0, 0.1) is 11.2 Å². The molecule has 3 fully saturated rings. The van der Waals surface area contributed by atoms with Gasteiger partial charge in [0.1, 0.15) is 5.82 Å². The van der Waals surface area contributed by atoms with Crippen molar-refractivity contribution in [2.24, 2.45) is 5.41 Å². The van der Waals surface area contributed by atoms with E-state index >= 15 is 0 Å². The molecular formula is C20H27FN2O2. The van der Waals surface area contributed by atoms with E-state index in [1.54, 1.807) is 6.07 Å². The van der Waals surface area contributed by atoms with Crippen LogP contribution in [0.15, 0.2) is 24.3 Å². The van der Waals surface area contributed by atoms with E-state index in [9.17, 15) is 14.3 Å². The van der Waals surface area contributed by atoms with E-state index < -0.39 is 0 Å². The van der Waals surface area contributed by atoms with Gasteiger partial charge in [0.05, 0.1) is 17.2 Å². The maximum atomic E-state index is 14.2. The van der Waals surface area contributed by atoms with Gasteiger partial charge in [0, 0.05) is 25.7 Å². The number of hydrogen-bond acceptors (Lipinski definition) is 3. The summed E-state index contributed by atoms with van der Waals surface area (Å²) in [7, 11) is 0. The number of carbonyl (C=O) groups is 1. The molecule has 1 amide bonds. The third-order valence-corrected chi connectivity index (χ3v) is 6.42. The van der Waals surface area contributed by atoms with Crippen molar-refractivity contribution in [1.29, 1.82) is 0 Å². The topological polar surface area (TPSA) is 43.8 Å². The molecule has 0 unspecified atom stereocenters. The summed E-state index contributed by atoms with van der Waals surface area (Å²) in [5, 5.41) is 9.72. The highest BCUT2D eigenvalue weighted by molar-refractivity contribution is 5.86. The maximum absolute atomic E-state index is 14.2. The van der Waals surface area contributed by atoms with Crippen LogP contribution < -0.4 is 4.90 Å². The first kappa shape index (κ1) is 16.8. The Morgan fingerprint density at radius 2 is 1.84 bits per heavy atom. The van der Waals surface area contributed by atoms with Gasteiger partial charge in [-0.05, 0) is 57.1 Å². The predicted octanol–water partition coefficient (Wildman–Crippen LogP) is 2.95. The molecule has 5 heteroatoms. The second-order valence-corrected chi connectivity index (χ2v) is 7.97. The molecule has 0 bridgehead atoms. The van der Waals surface area contributed by atoms with Crippen LogP contribution in [0.4, 0.5) is 10.1 Å². The van der Waals surface area contributed by atoms with E-state index in [4.69, 9.17) is 0 Å². The number of likely N-dealkylation sites (tertiary alicyclic amines) is 1. The lowest BCUT2D eigenvalue weighted by atomic mass is 9.78. The van der Waals surface area contributed by atoms with Crippen LogP contribution in [0.2, 0.25) is 0 Å². The second-order valence-electron chi connectivity index (χ2n) is 7.97. The molecule has 1 spiro atoms. The van der Waals surface area contributed by atoms with Crippen LogP contribution >= 0.6 is 0 Å². The number of para-hydroxylation sites is 1. The standard InChI is InChI=1S/C20H27FN2O2/c21-17-4-1-2-5-18(17)22-12-3-10-20(14-22)11-13-23(19(20)25)15-6-8-16(24)9-7-15/h1-2,4-5,15-16,24H,3,6-14H2/t15-,16+,20-/m0/s1. The van der Waals surface area contributed by atoms with Crippen molar-refractivity contribution in [3.63, 3.8) is 0 Å². The molecule has 1 atom stereocenters. The zero-order valence-corrected chi connectivity index (χ0v) is 14.7. The molecule has 1 N–H and O–H groups in total. The molecule has 2 heterocycles. The molecule has 25 heavy (non-hydrogen) atoms. The number of halogens is 1. The smallest absolute Gasteiger partial charge is 0.230 e. The third kappa shape index (κ3) is 3.03. The van der Waals surface area contributed by atoms with Crippen molar-refractivity contribution in [2.45, 2.75) is 57.1 Å². The SMILES string of the molecule is O=C1N([C@H]2CC[C@@H](O)CC2)CC[C@]12CCCN(c1ccccc1F)C2. The normalized spacial score (nSPS) is 33.3. The van der Waals surface area contributed by atoms with E-state index in [0.717, 1.165) is 58.0 Å². The Bertz CT molecular complexity index is 644. The highest BCUT2D eigenvalue weighted by Crippen LogP contribution is 2.43. The Hall–Kier alpha value is -1.62. The number of benzene rings is 1. The Balaban J connectivity index is 1.50. The third-order valence-electron chi connectivity index (χ3n) is 6.42. The summed E-state index contributed by atoms with van der Waals surface area (Å²) in [5.41, 5.74) is 0.268. The van der Waals surface area contributed by atoms with E-state index in [1.807, 2.05) is 12.1 Å². The minimum atomic E-state index is -0.351. The van der Waals surface area contributed by atoms with Crippen molar-refractivity contribution >= 4 is 11.6 Å². The largest absolute Gasteiger partial charge is 0.393 e. The Morgan fingerprint density at radius 1 is 1.08 bits per heavy atom. The fourth-order valence-electron chi connectivity index (χ4n) is 4.99. The average Bonchev–Trinajstić information content (AvgIpc) is 2.92. The van der Waals surface area contributed by atoms with Crippen LogP contribution in [0.25, 0.3) is 0 Å². The van der Waals surface area contributed by atoms with Crippen molar-refractivity contribution in [3.05, 3.63) is 30.1 Å². The summed E-state index contributed by atoms with van der Waals surface area (Å²) in [6, 6.07) is 7.15. The first-order valence-electron chi connectivity index (χ1n) is 9.58. The van der Waals surface area contributed by atoms with Gasteiger partial charge < -0.3 is 14.9 Å². The van der Waals surface area contributed by atoms with E-state index in [2.05, 4.69) is 9.80 Å². The molecule has 2 aliphatic heterocycles. The van der Waals surface area contributed by atoms with Gasteiger partial charge in [-0.25, -0.2) is 4.39 Å². The second kappa shape index (κ2) is 6.60. The Morgan fingerprint density at radius 3 is 2.60 bits per heavy atom. The first-order valence-corrected chi connectivity index (χ1v) is 9.58. The lowest BCUT2D eigenvalue weighted by Crippen LogP contribution is -2.50. The van der Waals surface area contributed by atoms with Gasteiger partial charge in [-0.3, -0.25) is 4.79 Å². The van der Waals surface area contributed by atoms with Gasteiger partial charge in [-0.1, -0.05) is 12.1 Å². The van der Waals surface area contributed by atoms with Crippen LogP contribution in [-0.4, -0.2) is 47.7 Å². The van der Waals surface area contributed by atoms with Gasteiger partial charge in [0.25, 0.3) is 0 Å². The zero-order chi connectivity index (χ0) is 17.4. The van der Waals surface area contributed by atoms with Crippen molar-refractivity contribution < 1.29 is 14.3 Å². The first-order chi connectivity index (χ1) is 12.1. The summed E-state index contributed by atoms with van der Waals surface area (Å²) < 4.78 is 14.2. The summed E-state index contributed by atoms with van der Waals surface area (Å²) >= 11 is 0. The number of hydrogen-bond donors (Lipinski definition) is 1. The number of aliphatic hydroxyl groups excluding tert-OH is 1. The quantitative estimate of drug-likeness (QED) is 0.895. The van der Waals surface area contributed by atoms with Crippen LogP contribution in [0.5, 0.6) is 0 Å². The summed E-state index contributed by atoms with van der Waals surface area (Å²) in [4.78, 5) is 17.4. The number of anilines is 1. The van der Waals surface area contributed by atoms with E-state index in [-0.39, 0.29) is 29.3 Å². The van der Waals surface area contributed by atoms with Crippen LogP contribution in [-0.2, 0) is 4.79 Å². The van der Waals surface area contributed by atoms with Crippen molar-refractivity contribution in [1.82, 2.24) is 4.90 Å². The molecular weight excluding hydrogens is 319 g/mol. The monoisotopic (exact) mass is 346 g/mol. The minimum absolute atomic E-state index is 0.200. The molecule has 0 radical (unpaired) electrons. The minimum Gasteiger partial charge on any atom is -0.393 e. The Kier molecular flexibility index (Phi) is 4.44. The van der Waals surface area contributed by atoms with Gasteiger partial charge in [-0.2, -0.15) is 0 Å². The van der Waals surface area contributed by atoms with Gasteiger partial charge in [0.15, 0.2) is 0 Å². The fraction of sp³-hybridized carbons (Fsp3) is 0.650. The number of piperidine rings is 1. The molecule has 4 nitrogen and oxygen atoms in total. The number of carbonyl (C=O) groups excluding carboxylic acids is 1. The van der Waals surface area contributed by atoms with Crippen LogP contribution in [0.3, 0.4) is 0 Å². The molecule has 3 aliphatic rings. The highest BCUT2D eigenvalue weighted by Gasteiger charge is 2.50. The molecule has 1 aromatic rings. The molecule has 136 valence electrons. The molecule has 0 aromatic heterocycles. The summed E-state index contributed by atoms with van der Waals surface area (Å²) in [5.74, 6) is 0.0537. The molecule has 2 saturated heterocycles. The average molecular weight is 346 g/mol. The summed E-state index contributed by atoms with van der Waals surface area (Å²) in [6.45, 7) is 2.24. The van der Waals surface area contributed by atoms with Crippen LogP contribution in [0.1, 0.15) is 44.9 Å². The van der Waals surface area contributed by atoms with Crippen molar-refractivity contribution in [3.8, 4) is 0 Å². The molecule has 1 aromatic carbocycles. The number of nitrogens with zero attached hydrogens (tertiary/aromatic N) is 2. The number of rotatable bonds is 2. The molecule has 1 saturated carbocycles. The zero-order valence-electron chi connectivity index (χ0n) is 14.7. The van der Waals surface area contributed by atoms with Crippen molar-refractivity contribution in [2.75, 3.05) is 24.5 Å². The predicted molar refractivity (Wildman–Crippen MR) is 94.9 cm³/mol. The number of amides is 1. The maximum Gasteiger partial charge on any atom is 0.230 e. The fourth-order valence-corrected chi connectivity index (χ4v) is 4.99. The lowest BCUT2D eigenvalue weighted by Gasteiger charge is -2.41. The molecule has 1 aliphatic carbocycles. The lowest BCUT2D eigenvalue weighted by molar-refractivity contribution is -0.139. The van der Waals surface area contributed by atoms with E-state index in [0.29, 0.717) is 12.2 Å². The van der Waals surface area contributed by atoms with Gasteiger partial charge >= 0.3 is 0 Å². The Labute approximate surface area is 148 Å². The van der Waals surface area contributed by atoms with Gasteiger partial charge in [0.2, 0.25) is 5.91 Å². The summed E-state index contributed by atoms with van der Waals surface area (Å²) in [6.07, 6.45) is 5.90. The highest BCUT2D eigenvalue weighted by atomic mass is 19.1. The van der Waals surface area contributed by atoms with E-state index in [1.165, 1.54) is 6.07 Å². The van der Waals surface area contributed by atoms with Gasteiger partial charge in [-0.15, -0.1) is 0 Å². The number of aliphatic hydroxyl groups is 1.